The molecule has 1 saturated heterocycles. The van der Waals surface area contributed by atoms with Crippen LogP contribution in [0.5, 0.6) is 0 Å². The monoisotopic (exact) mass is 353 g/mol. The molecule has 138 valence electrons. The normalized spacial score (nSPS) is 15.6. The fraction of sp³-hybridized carbons (Fsp3) is 0.381. The van der Waals surface area contributed by atoms with Crippen molar-refractivity contribution in [3.63, 3.8) is 0 Å². The van der Waals surface area contributed by atoms with Crippen molar-refractivity contribution in [1.29, 1.82) is 0 Å². The van der Waals surface area contributed by atoms with Crippen LogP contribution in [-0.4, -0.2) is 50.3 Å². The van der Waals surface area contributed by atoms with E-state index in [-0.39, 0.29) is 12.2 Å². The summed E-state index contributed by atoms with van der Waals surface area (Å²) in [4.78, 5) is 14.6. The molecule has 0 aliphatic carbocycles. The Morgan fingerprint density at radius 2 is 1.81 bits per heavy atom. The molecule has 5 nitrogen and oxygen atoms in total. The SMILES string of the molecule is CNCCN1CCC(OC(=O)Nc2cccc(-c3ccccc3)c2)CC1. The number of hydrogen-bond acceptors (Lipinski definition) is 4. The number of rotatable bonds is 6. The Labute approximate surface area is 155 Å². The molecule has 0 atom stereocenters. The molecule has 26 heavy (non-hydrogen) atoms. The Kier molecular flexibility index (Phi) is 6.63. The lowest BCUT2D eigenvalue weighted by molar-refractivity contribution is 0.0594. The van der Waals surface area contributed by atoms with Gasteiger partial charge in [-0.1, -0.05) is 42.5 Å². The summed E-state index contributed by atoms with van der Waals surface area (Å²) in [5.41, 5.74) is 2.95. The van der Waals surface area contributed by atoms with Crippen molar-refractivity contribution in [2.24, 2.45) is 0 Å². The third-order valence-corrected chi connectivity index (χ3v) is 4.70. The summed E-state index contributed by atoms with van der Waals surface area (Å²) < 4.78 is 5.60. The van der Waals surface area contributed by atoms with Crippen LogP contribution in [-0.2, 0) is 4.74 Å². The molecule has 0 unspecified atom stereocenters. The van der Waals surface area contributed by atoms with Gasteiger partial charge in [-0.2, -0.15) is 0 Å². The van der Waals surface area contributed by atoms with Crippen LogP contribution in [0.25, 0.3) is 11.1 Å². The lowest BCUT2D eigenvalue weighted by atomic mass is 10.1. The zero-order chi connectivity index (χ0) is 18.2. The number of ether oxygens (including phenoxy) is 1. The first-order valence-electron chi connectivity index (χ1n) is 9.24. The van der Waals surface area contributed by atoms with E-state index >= 15 is 0 Å². The summed E-state index contributed by atoms with van der Waals surface area (Å²) in [6, 6.07) is 17.9. The summed E-state index contributed by atoms with van der Waals surface area (Å²) in [5, 5.41) is 6.03. The lowest BCUT2D eigenvalue weighted by Gasteiger charge is -2.31. The lowest BCUT2D eigenvalue weighted by Crippen LogP contribution is -2.41. The topological polar surface area (TPSA) is 53.6 Å². The number of nitrogens with zero attached hydrogens (tertiary/aromatic N) is 1. The fourth-order valence-corrected chi connectivity index (χ4v) is 3.23. The minimum Gasteiger partial charge on any atom is -0.446 e. The molecule has 0 radical (unpaired) electrons. The second-order valence-electron chi connectivity index (χ2n) is 6.62. The van der Waals surface area contributed by atoms with Crippen molar-refractivity contribution >= 4 is 11.8 Å². The second-order valence-corrected chi connectivity index (χ2v) is 6.62. The molecule has 2 N–H and O–H groups in total. The average Bonchev–Trinajstić information content (AvgIpc) is 2.68. The highest BCUT2D eigenvalue weighted by Gasteiger charge is 2.22. The number of likely N-dealkylation sites (tertiary alicyclic amines) is 1. The maximum Gasteiger partial charge on any atom is 0.411 e. The van der Waals surface area contributed by atoms with Gasteiger partial charge in [0.2, 0.25) is 0 Å². The highest BCUT2D eigenvalue weighted by atomic mass is 16.6. The van der Waals surface area contributed by atoms with Gasteiger partial charge < -0.3 is 15.0 Å². The Bertz CT molecular complexity index is 697. The maximum atomic E-state index is 12.2. The number of carbonyl (C=O) groups excluding carboxylic acids is 1. The molecule has 3 rings (SSSR count). The van der Waals surface area contributed by atoms with Crippen molar-refractivity contribution in [1.82, 2.24) is 10.2 Å². The van der Waals surface area contributed by atoms with Crippen molar-refractivity contribution in [2.75, 3.05) is 38.5 Å². The summed E-state index contributed by atoms with van der Waals surface area (Å²) in [6.45, 7) is 3.98. The molecule has 2 aromatic rings. The smallest absolute Gasteiger partial charge is 0.411 e. The first-order valence-corrected chi connectivity index (χ1v) is 9.24. The number of likely N-dealkylation sites (N-methyl/N-ethyl adjacent to an activating group) is 1. The van der Waals surface area contributed by atoms with Crippen LogP contribution in [0.3, 0.4) is 0 Å². The Morgan fingerprint density at radius 1 is 1.08 bits per heavy atom. The van der Waals surface area contributed by atoms with Gasteiger partial charge >= 0.3 is 6.09 Å². The van der Waals surface area contributed by atoms with E-state index in [0.29, 0.717) is 0 Å². The number of nitrogens with one attached hydrogen (secondary N) is 2. The molecule has 1 aliphatic rings. The van der Waals surface area contributed by atoms with Crippen LogP contribution in [0.15, 0.2) is 54.6 Å². The molecule has 1 fully saturated rings. The molecule has 1 heterocycles. The van der Waals surface area contributed by atoms with E-state index in [9.17, 15) is 4.79 Å². The third-order valence-electron chi connectivity index (χ3n) is 4.70. The van der Waals surface area contributed by atoms with Crippen molar-refractivity contribution in [3.8, 4) is 11.1 Å². The minimum absolute atomic E-state index is 0.00172. The highest BCUT2D eigenvalue weighted by molar-refractivity contribution is 5.86. The third kappa shape index (κ3) is 5.31. The van der Waals surface area contributed by atoms with Crippen LogP contribution in [0, 0.1) is 0 Å². The van der Waals surface area contributed by atoms with Gasteiger partial charge in [0.15, 0.2) is 0 Å². The van der Waals surface area contributed by atoms with Gasteiger partial charge in [0.05, 0.1) is 0 Å². The maximum absolute atomic E-state index is 12.2. The number of benzene rings is 2. The molecular formula is C21H27N3O2. The first kappa shape index (κ1) is 18.4. The van der Waals surface area contributed by atoms with Crippen LogP contribution in [0.4, 0.5) is 10.5 Å². The first-order chi connectivity index (χ1) is 12.7. The fourth-order valence-electron chi connectivity index (χ4n) is 3.23. The van der Waals surface area contributed by atoms with Gasteiger partial charge in [-0.25, -0.2) is 4.79 Å². The molecular weight excluding hydrogens is 326 g/mol. The zero-order valence-electron chi connectivity index (χ0n) is 15.3. The van der Waals surface area contributed by atoms with Crippen LogP contribution < -0.4 is 10.6 Å². The van der Waals surface area contributed by atoms with Crippen molar-refractivity contribution < 1.29 is 9.53 Å². The predicted molar refractivity (Wildman–Crippen MR) is 105 cm³/mol. The molecule has 1 amide bonds. The number of amides is 1. The van der Waals surface area contributed by atoms with E-state index in [0.717, 1.165) is 55.8 Å². The summed E-state index contributed by atoms with van der Waals surface area (Å²) in [7, 11) is 1.97. The van der Waals surface area contributed by atoms with E-state index in [4.69, 9.17) is 4.74 Å². The average molecular weight is 353 g/mol. The van der Waals surface area contributed by atoms with E-state index in [1.54, 1.807) is 0 Å². The van der Waals surface area contributed by atoms with Crippen LogP contribution >= 0.6 is 0 Å². The van der Waals surface area contributed by atoms with Gasteiger partial charge in [0.25, 0.3) is 0 Å². The number of carbonyl (C=O) groups is 1. The van der Waals surface area contributed by atoms with Gasteiger partial charge in [0.1, 0.15) is 6.10 Å². The molecule has 0 aromatic heterocycles. The van der Waals surface area contributed by atoms with Crippen molar-refractivity contribution in [2.45, 2.75) is 18.9 Å². The molecule has 1 aliphatic heterocycles. The summed E-state index contributed by atoms with van der Waals surface area (Å²) >= 11 is 0. The van der Waals surface area contributed by atoms with E-state index in [2.05, 4.69) is 27.7 Å². The Morgan fingerprint density at radius 3 is 2.54 bits per heavy atom. The predicted octanol–water partition coefficient (Wildman–Crippen LogP) is 3.59. The number of anilines is 1. The standard InChI is InChI=1S/C21H27N3O2/c1-22-12-15-24-13-10-20(11-14-24)26-21(25)23-19-9-5-8-18(16-19)17-6-3-2-4-7-17/h2-9,16,20,22H,10-15H2,1H3,(H,23,25). The highest BCUT2D eigenvalue weighted by Crippen LogP contribution is 2.22. The van der Waals surface area contributed by atoms with Gasteiger partial charge in [0, 0.05) is 31.9 Å². The summed E-state index contributed by atoms with van der Waals surface area (Å²) in [6.07, 6.45) is 1.41. The van der Waals surface area contributed by atoms with Gasteiger partial charge in [-0.3, -0.25) is 5.32 Å². The molecule has 0 saturated carbocycles. The summed E-state index contributed by atoms with van der Waals surface area (Å²) in [5.74, 6) is 0. The Hall–Kier alpha value is -2.37. The largest absolute Gasteiger partial charge is 0.446 e. The van der Waals surface area contributed by atoms with Crippen LogP contribution in [0.2, 0.25) is 0 Å². The number of hydrogen-bond donors (Lipinski definition) is 2. The van der Waals surface area contributed by atoms with Gasteiger partial charge in [-0.15, -0.1) is 0 Å². The molecule has 0 bridgehead atoms. The van der Waals surface area contributed by atoms with E-state index in [1.807, 2.05) is 49.5 Å². The van der Waals surface area contributed by atoms with E-state index in [1.165, 1.54) is 0 Å². The molecule has 0 spiro atoms. The van der Waals surface area contributed by atoms with Crippen molar-refractivity contribution in [3.05, 3.63) is 54.6 Å². The quantitative estimate of drug-likeness (QED) is 0.833. The van der Waals surface area contributed by atoms with E-state index < -0.39 is 0 Å². The zero-order valence-corrected chi connectivity index (χ0v) is 15.3. The molecule has 5 heteroatoms. The van der Waals surface area contributed by atoms with Crippen LogP contribution in [0.1, 0.15) is 12.8 Å². The minimum atomic E-state index is -0.371. The van der Waals surface area contributed by atoms with Gasteiger partial charge in [-0.05, 0) is 43.1 Å². The Balaban J connectivity index is 1.50. The second kappa shape index (κ2) is 9.36. The molecule has 2 aromatic carbocycles. The number of piperidine rings is 1.